The summed E-state index contributed by atoms with van der Waals surface area (Å²) in [4.78, 5) is 4.52. The standard InChI is InChI=1S/C12H21N3O/c1-10-9-15(7-4-8-16-2)12(13-10)14-11-5-3-6-11/h9,11H,3-8H2,1-2H3,(H,13,14). The maximum absolute atomic E-state index is 5.07. The molecule has 1 aliphatic carbocycles. The van der Waals surface area contributed by atoms with Gasteiger partial charge in [-0.2, -0.15) is 0 Å². The van der Waals surface area contributed by atoms with Gasteiger partial charge in [-0.15, -0.1) is 0 Å². The summed E-state index contributed by atoms with van der Waals surface area (Å²) < 4.78 is 7.27. The lowest BCUT2D eigenvalue weighted by molar-refractivity contribution is 0.190. The molecule has 0 amide bonds. The Labute approximate surface area is 97.0 Å². The van der Waals surface area contributed by atoms with Crippen LogP contribution in [0, 0.1) is 6.92 Å². The van der Waals surface area contributed by atoms with Crippen molar-refractivity contribution in [2.45, 2.75) is 45.2 Å². The minimum Gasteiger partial charge on any atom is -0.385 e. The van der Waals surface area contributed by atoms with Crippen molar-refractivity contribution in [3.8, 4) is 0 Å². The summed E-state index contributed by atoms with van der Waals surface area (Å²) >= 11 is 0. The van der Waals surface area contributed by atoms with Gasteiger partial charge in [-0.05, 0) is 32.6 Å². The van der Waals surface area contributed by atoms with Crippen LogP contribution in [-0.2, 0) is 11.3 Å². The highest BCUT2D eigenvalue weighted by Gasteiger charge is 2.19. The average Bonchev–Trinajstić information content (AvgIpc) is 2.53. The summed E-state index contributed by atoms with van der Waals surface area (Å²) in [7, 11) is 1.74. The van der Waals surface area contributed by atoms with Crippen molar-refractivity contribution >= 4 is 5.95 Å². The molecular formula is C12H21N3O. The van der Waals surface area contributed by atoms with Crippen LogP contribution in [0.25, 0.3) is 0 Å². The average molecular weight is 223 g/mol. The van der Waals surface area contributed by atoms with Crippen LogP contribution in [0.3, 0.4) is 0 Å². The predicted octanol–water partition coefficient (Wildman–Crippen LogP) is 2.19. The van der Waals surface area contributed by atoms with Crippen molar-refractivity contribution in [3.63, 3.8) is 0 Å². The molecule has 0 saturated heterocycles. The first-order chi connectivity index (χ1) is 7.79. The molecule has 4 heteroatoms. The lowest BCUT2D eigenvalue weighted by atomic mass is 9.93. The highest BCUT2D eigenvalue weighted by molar-refractivity contribution is 5.30. The Kier molecular flexibility index (Phi) is 3.83. The van der Waals surface area contributed by atoms with Gasteiger partial charge in [-0.1, -0.05) is 0 Å². The summed E-state index contributed by atoms with van der Waals surface area (Å²) in [6.07, 6.45) is 7.05. The highest BCUT2D eigenvalue weighted by atomic mass is 16.5. The number of methoxy groups -OCH3 is 1. The molecule has 1 fully saturated rings. The summed E-state index contributed by atoms with van der Waals surface area (Å²) in [6.45, 7) is 3.82. The van der Waals surface area contributed by atoms with Crippen LogP contribution in [0.4, 0.5) is 5.95 Å². The van der Waals surface area contributed by atoms with Gasteiger partial charge in [0.05, 0.1) is 5.69 Å². The van der Waals surface area contributed by atoms with Gasteiger partial charge in [0.2, 0.25) is 5.95 Å². The van der Waals surface area contributed by atoms with Crippen LogP contribution >= 0.6 is 0 Å². The van der Waals surface area contributed by atoms with Gasteiger partial charge in [0.25, 0.3) is 0 Å². The van der Waals surface area contributed by atoms with Gasteiger partial charge >= 0.3 is 0 Å². The lowest BCUT2D eigenvalue weighted by Crippen LogP contribution is -2.28. The van der Waals surface area contributed by atoms with E-state index in [-0.39, 0.29) is 0 Å². The summed E-state index contributed by atoms with van der Waals surface area (Å²) in [5, 5.41) is 3.51. The van der Waals surface area contributed by atoms with Crippen LogP contribution < -0.4 is 5.32 Å². The largest absolute Gasteiger partial charge is 0.385 e. The summed E-state index contributed by atoms with van der Waals surface area (Å²) in [6, 6.07) is 0.642. The Morgan fingerprint density at radius 1 is 1.56 bits per heavy atom. The Bertz CT molecular complexity index is 331. The maximum Gasteiger partial charge on any atom is 0.203 e. The van der Waals surface area contributed by atoms with Gasteiger partial charge in [0.1, 0.15) is 0 Å². The van der Waals surface area contributed by atoms with Crippen molar-refractivity contribution in [2.24, 2.45) is 0 Å². The number of aromatic nitrogens is 2. The zero-order valence-electron chi connectivity index (χ0n) is 10.2. The number of imidazole rings is 1. The van der Waals surface area contributed by atoms with Crippen molar-refractivity contribution in [1.29, 1.82) is 0 Å². The van der Waals surface area contributed by atoms with Gasteiger partial charge in [-0.3, -0.25) is 0 Å². The van der Waals surface area contributed by atoms with Crippen LogP contribution in [0.1, 0.15) is 31.4 Å². The molecule has 16 heavy (non-hydrogen) atoms. The monoisotopic (exact) mass is 223 g/mol. The van der Waals surface area contributed by atoms with Gasteiger partial charge < -0.3 is 14.6 Å². The highest BCUT2D eigenvalue weighted by Crippen LogP contribution is 2.23. The molecule has 1 aromatic rings. The molecule has 1 heterocycles. The Morgan fingerprint density at radius 3 is 3.00 bits per heavy atom. The summed E-state index contributed by atoms with van der Waals surface area (Å²) in [5.41, 5.74) is 1.08. The number of aryl methyl sites for hydroxylation is 2. The van der Waals surface area contributed by atoms with Crippen molar-refractivity contribution in [1.82, 2.24) is 9.55 Å². The fourth-order valence-electron chi connectivity index (χ4n) is 1.95. The molecule has 0 spiro atoms. The predicted molar refractivity (Wildman–Crippen MR) is 64.7 cm³/mol. The topological polar surface area (TPSA) is 39.1 Å². The van der Waals surface area contributed by atoms with Crippen LogP contribution in [0.2, 0.25) is 0 Å². The SMILES string of the molecule is COCCCn1cc(C)nc1NC1CCC1. The molecule has 0 atom stereocenters. The number of hydrogen-bond donors (Lipinski definition) is 1. The molecule has 1 saturated carbocycles. The van der Waals surface area contributed by atoms with E-state index in [2.05, 4.69) is 21.1 Å². The number of anilines is 1. The van der Waals surface area contributed by atoms with E-state index in [9.17, 15) is 0 Å². The maximum atomic E-state index is 5.07. The van der Waals surface area contributed by atoms with E-state index in [4.69, 9.17) is 4.74 Å². The third-order valence-electron chi connectivity index (χ3n) is 3.08. The van der Waals surface area contributed by atoms with Crippen molar-refractivity contribution in [2.75, 3.05) is 19.0 Å². The number of nitrogens with one attached hydrogen (secondary N) is 1. The number of ether oxygens (including phenoxy) is 1. The second-order valence-electron chi connectivity index (χ2n) is 4.52. The molecule has 1 N–H and O–H groups in total. The van der Waals surface area contributed by atoms with Gasteiger partial charge in [0, 0.05) is 32.5 Å². The minimum atomic E-state index is 0.642. The molecule has 90 valence electrons. The number of nitrogens with zero attached hydrogens (tertiary/aromatic N) is 2. The zero-order valence-corrected chi connectivity index (χ0v) is 10.2. The molecule has 2 rings (SSSR count). The zero-order chi connectivity index (χ0) is 11.4. The van der Waals surface area contributed by atoms with E-state index in [1.54, 1.807) is 7.11 Å². The number of hydrogen-bond acceptors (Lipinski definition) is 3. The molecule has 1 aromatic heterocycles. The Hall–Kier alpha value is -1.03. The fourth-order valence-corrected chi connectivity index (χ4v) is 1.95. The first-order valence-electron chi connectivity index (χ1n) is 6.09. The van der Waals surface area contributed by atoms with Crippen LogP contribution in [0.15, 0.2) is 6.20 Å². The van der Waals surface area contributed by atoms with Gasteiger partial charge in [0.15, 0.2) is 0 Å². The molecule has 0 aromatic carbocycles. The van der Waals surface area contributed by atoms with E-state index in [1.165, 1.54) is 19.3 Å². The van der Waals surface area contributed by atoms with E-state index < -0.39 is 0 Å². The van der Waals surface area contributed by atoms with E-state index in [1.807, 2.05) is 6.92 Å². The third kappa shape index (κ3) is 2.76. The quantitative estimate of drug-likeness (QED) is 0.751. The van der Waals surface area contributed by atoms with E-state index in [0.717, 1.165) is 31.2 Å². The third-order valence-corrected chi connectivity index (χ3v) is 3.08. The fraction of sp³-hybridized carbons (Fsp3) is 0.750. The first kappa shape index (κ1) is 11.5. The molecule has 0 bridgehead atoms. The first-order valence-corrected chi connectivity index (χ1v) is 6.09. The molecule has 0 radical (unpaired) electrons. The smallest absolute Gasteiger partial charge is 0.203 e. The summed E-state index contributed by atoms with van der Waals surface area (Å²) in [5.74, 6) is 1.03. The molecular weight excluding hydrogens is 202 g/mol. The van der Waals surface area contributed by atoms with E-state index in [0.29, 0.717) is 6.04 Å². The molecule has 0 unspecified atom stereocenters. The minimum absolute atomic E-state index is 0.642. The Morgan fingerprint density at radius 2 is 2.38 bits per heavy atom. The lowest BCUT2D eigenvalue weighted by Gasteiger charge is -2.27. The van der Waals surface area contributed by atoms with Crippen LogP contribution in [-0.4, -0.2) is 29.3 Å². The molecule has 0 aliphatic heterocycles. The van der Waals surface area contributed by atoms with Crippen molar-refractivity contribution in [3.05, 3.63) is 11.9 Å². The number of rotatable bonds is 6. The Balaban J connectivity index is 1.92. The van der Waals surface area contributed by atoms with Gasteiger partial charge in [-0.25, -0.2) is 4.98 Å². The van der Waals surface area contributed by atoms with Crippen molar-refractivity contribution < 1.29 is 4.74 Å². The van der Waals surface area contributed by atoms with Crippen LogP contribution in [0.5, 0.6) is 0 Å². The second-order valence-corrected chi connectivity index (χ2v) is 4.52. The van der Waals surface area contributed by atoms with E-state index >= 15 is 0 Å². The normalized spacial score (nSPS) is 16.1. The molecule has 4 nitrogen and oxygen atoms in total. The molecule has 1 aliphatic rings. The second kappa shape index (κ2) is 5.34.